The first kappa shape index (κ1) is 12.3. The minimum atomic E-state index is 0.375. The van der Waals surface area contributed by atoms with Crippen LogP contribution in [0.4, 0.5) is 5.69 Å². The monoisotopic (exact) mass is 251 g/mol. The number of nitrogens with one attached hydrogen (secondary N) is 1. The van der Waals surface area contributed by atoms with Gasteiger partial charge in [0.05, 0.1) is 0 Å². The number of hydrogen-bond acceptors (Lipinski definition) is 1. The van der Waals surface area contributed by atoms with Crippen LogP contribution in [0.25, 0.3) is 0 Å². The molecule has 0 heterocycles. The van der Waals surface area contributed by atoms with Crippen molar-refractivity contribution in [2.75, 3.05) is 11.9 Å². The molecule has 1 heteroatoms. The van der Waals surface area contributed by atoms with Crippen molar-refractivity contribution >= 4 is 5.69 Å². The fourth-order valence-electron chi connectivity index (χ4n) is 2.63. The zero-order valence-corrected chi connectivity index (χ0v) is 11.7. The Morgan fingerprint density at radius 3 is 2.32 bits per heavy atom. The van der Waals surface area contributed by atoms with E-state index in [1.165, 1.54) is 35.2 Å². The highest BCUT2D eigenvalue weighted by atomic mass is 14.9. The van der Waals surface area contributed by atoms with Crippen molar-refractivity contribution in [2.24, 2.45) is 0 Å². The summed E-state index contributed by atoms with van der Waals surface area (Å²) in [5.41, 5.74) is 5.81. The number of aryl methyl sites for hydroxylation is 2. The van der Waals surface area contributed by atoms with Gasteiger partial charge in [0.1, 0.15) is 0 Å². The SMILES string of the molecule is Cc1ccc(NCC2(c3ccccc3)CC2)cc1C. The van der Waals surface area contributed by atoms with Crippen molar-refractivity contribution < 1.29 is 0 Å². The van der Waals surface area contributed by atoms with E-state index < -0.39 is 0 Å². The topological polar surface area (TPSA) is 12.0 Å². The summed E-state index contributed by atoms with van der Waals surface area (Å²) in [6.45, 7) is 5.37. The lowest BCUT2D eigenvalue weighted by atomic mass is 9.96. The molecule has 0 bridgehead atoms. The van der Waals surface area contributed by atoms with E-state index in [0.717, 1.165) is 6.54 Å². The Kier molecular flexibility index (Phi) is 3.06. The molecule has 0 unspecified atom stereocenters. The van der Waals surface area contributed by atoms with E-state index >= 15 is 0 Å². The molecule has 0 spiro atoms. The first-order chi connectivity index (χ1) is 9.20. The highest BCUT2D eigenvalue weighted by Crippen LogP contribution is 2.48. The molecule has 0 aliphatic heterocycles. The minimum absolute atomic E-state index is 0.375. The Morgan fingerprint density at radius 2 is 1.68 bits per heavy atom. The molecule has 0 radical (unpaired) electrons. The number of rotatable bonds is 4. The molecule has 1 saturated carbocycles. The smallest absolute Gasteiger partial charge is 0.0343 e. The number of benzene rings is 2. The molecule has 0 saturated heterocycles. The minimum Gasteiger partial charge on any atom is -0.384 e. The number of anilines is 1. The third-order valence-corrected chi connectivity index (χ3v) is 4.38. The van der Waals surface area contributed by atoms with Crippen molar-refractivity contribution in [3.8, 4) is 0 Å². The van der Waals surface area contributed by atoms with Crippen LogP contribution >= 0.6 is 0 Å². The maximum absolute atomic E-state index is 3.61. The van der Waals surface area contributed by atoms with Gasteiger partial charge in [-0.05, 0) is 55.5 Å². The Balaban J connectivity index is 1.71. The van der Waals surface area contributed by atoms with Crippen molar-refractivity contribution in [3.63, 3.8) is 0 Å². The average Bonchev–Trinajstić information content (AvgIpc) is 3.22. The summed E-state index contributed by atoms with van der Waals surface area (Å²) >= 11 is 0. The quantitative estimate of drug-likeness (QED) is 0.846. The lowest BCUT2D eigenvalue weighted by molar-refractivity contribution is 0.732. The molecule has 3 rings (SSSR count). The molecule has 1 N–H and O–H groups in total. The van der Waals surface area contributed by atoms with Crippen molar-refractivity contribution in [1.29, 1.82) is 0 Å². The van der Waals surface area contributed by atoms with Crippen LogP contribution in [0.15, 0.2) is 48.5 Å². The van der Waals surface area contributed by atoms with E-state index in [-0.39, 0.29) is 0 Å². The molecule has 0 aromatic heterocycles. The predicted octanol–water partition coefficient (Wildman–Crippen LogP) is 4.45. The summed E-state index contributed by atoms with van der Waals surface area (Å²) in [4.78, 5) is 0. The summed E-state index contributed by atoms with van der Waals surface area (Å²) < 4.78 is 0. The van der Waals surface area contributed by atoms with Gasteiger partial charge in [-0.1, -0.05) is 36.4 Å². The lowest BCUT2D eigenvalue weighted by Crippen LogP contribution is -2.19. The average molecular weight is 251 g/mol. The summed E-state index contributed by atoms with van der Waals surface area (Å²) in [5.74, 6) is 0. The van der Waals surface area contributed by atoms with Crippen LogP contribution in [0.5, 0.6) is 0 Å². The molecular weight excluding hydrogens is 230 g/mol. The molecule has 0 atom stereocenters. The van der Waals surface area contributed by atoms with Gasteiger partial charge in [-0.2, -0.15) is 0 Å². The lowest BCUT2D eigenvalue weighted by Gasteiger charge is -2.18. The van der Waals surface area contributed by atoms with Crippen molar-refractivity contribution in [1.82, 2.24) is 0 Å². The molecule has 1 nitrogen and oxygen atoms in total. The number of hydrogen-bond donors (Lipinski definition) is 1. The van der Waals surface area contributed by atoms with Gasteiger partial charge in [0, 0.05) is 17.6 Å². The van der Waals surface area contributed by atoms with E-state index in [2.05, 4.69) is 67.7 Å². The highest BCUT2D eigenvalue weighted by molar-refractivity contribution is 5.49. The Labute approximate surface area is 115 Å². The van der Waals surface area contributed by atoms with Crippen LogP contribution in [0.3, 0.4) is 0 Å². The van der Waals surface area contributed by atoms with Crippen LogP contribution in [-0.4, -0.2) is 6.54 Å². The Morgan fingerprint density at radius 1 is 0.947 bits per heavy atom. The van der Waals surface area contributed by atoms with Gasteiger partial charge in [0.15, 0.2) is 0 Å². The van der Waals surface area contributed by atoms with Gasteiger partial charge in [0.2, 0.25) is 0 Å². The summed E-state index contributed by atoms with van der Waals surface area (Å²) in [5, 5.41) is 3.61. The zero-order valence-electron chi connectivity index (χ0n) is 11.7. The molecular formula is C18H21N. The first-order valence-corrected chi connectivity index (χ1v) is 7.06. The van der Waals surface area contributed by atoms with E-state index in [1.54, 1.807) is 0 Å². The van der Waals surface area contributed by atoms with Crippen LogP contribution in [-0.2, 0) is 5.41 Å². The molecule has 1 aliphatic carbocycles. The molecule has 19 heavy (non-hydrogen) atoms. The largest absolute Gasteiger partial charge is 0.384 e. The molecule has 1 aliphatic rings. The maximum atomic E-state index is 3.61. The van der Waals surface area contributed by atoms with E-state index in [9.17, 15) is 0 Å². The second kappa shape index (κ2) is 4.73. The molecule has 2 aromatic rings. The molecule has 0 amide bonds. The maximum Gasteiger partial charge on any atom is 0.0343 e. The standard InChI is InChI=1S/C18H21N/c1-14-8-9-17(12-15(14)2)19-13-18(10-11-18)16-6-4-3-5-7-16/h3-9,12,19H,10-11,13H2,1-2H3. The normalized spacial score (nSPS) is 16.1. The van der Waals surface area contributed by atoms with Crippen LogP contribution in [0.1, 0.15) is 29.5 Å². The van der Waals surface area contributed by atoms with Gasteiger partial charge in [0.25, 0.3) is 0 Å². The predicted molar refractivity (Wildman–Crippen MR) is 81.8 cm³/mol. The summed E-state index contributed by atoms with van der Waals surface area (Å²) in [7, 11) is 0. The van der Waals surface area contributed by atoms with Crippen LogP contribution in [0, 0.1) is 13.8 Å². The van der Waals surface area contributed by atoms with Crippen LogP contribution < -0.4 is 5.32 Å². The van der Waals surface area contributed by atoms with Gasteiger partial charge < -0.3 is 5.32 Å². The second-order valence-electron chi connectivity index (χ2n) is 5.80. The van der Waals surface area contributed by atoms with Gasteiger partial charge >= 0.3 is 0 Å². The van der Waals surface area contributed by atoms with Gasteiger partial charge in [-0.15, -0.1) is 0 Å². The highest BCUT2D eigenvalue weighted by Gasteiger charge is 2.43. The zero-order chi connectivity index (χ0) is 13.3. The third kappa shape index (κ3) is 2.51. The summed E-state index contributed by atoms with van der Waals surface area (Å²) in [6.07, 6.45) is 2.60. The Hall–Kier alpha value is -1.76. The van der Waals surface area contributed by atoms with E-state index in [0.29, 0.717) is 5.41 Å². The molecule has 2 aromatic carbocycles. The Bertz CT molecular complexity index is 567. The van der Waals surface area contributed by atoms with E-state index in [4.69, 9.17) is 0 Å². The molecule has 98 valence electrons. The first-order valence-electron chi connectivity index (χ1n) is 7.06. The summed E-state index contributed by atoms with van der Waals surface area (Å²) in [6, 6.07) is 17.5. The molecule has 1 fully saturated rings. The van der Waals surface area contributed by atoms with Gasteiger partial charge in [-0.3, -0.25) is 0 Å². The van der Waals surface area contributed by atoms with E-state index in [1.807, 2.05) is 0 Å². The van der Waals surface area contributed by atoms with Gasteiger partial charge in [-0.25, -0.2) is 0 Å². The fourth-order valence-corrected chi connectivity index (χ4v) is 2.63. The fraction of sp³-hybridized carbons (Fsp3) is 0.333. The van der Waals surface area contributed by atoms with Crippen LogP contribution in [0.2, 0.25) is 0 Å². The van der Waals surface area contributed by atoms with Crippen molar-refractivity contribution in [3.05, 3.63) is 65.2 Å². The van der Waals surface area contributed by atoms with Crippen molar-refractivity contribution in [2.45, 2.75) is 32.1 Å². The third-order valence-electron chi connectivity index (χ3n) is 4.38. The second-order valence-corrected chi connectivity index (χ2v) is 5.80.